The zero-order chi connectivity index (χ0) is 8.81. The van der Waals surface area contributed by atoms with E-state index in [1.807, 2.05) is 0 Å². The summed E-state index contributed by atoms with van der Waals surface area (Å²) >= 11 is 0. The lowest BCUT2D eigenvalue weighted by Gasteiger charge is -2.08. The lowest BCUT2D eigenvalue weighted by atomic mass is 9.99. The first kappa shape index (κ1) is 9.30. The Morgan fingerprint density at radius 1 is 1.50 bits per heavy atom. The number of hydrogen-bond donors (Lipinski definition) is 0. The quantitative estimate of drug-likeness (QED) is 0.672. The molecule has 1 atom stereocenters. The van der Waals surface area contributed by atoms with Gasteiger partial charge in [-0.05, 0) is 12.8 Å². The van der Waals surface area contributed by atoms with E-state index < -0.39 is 0 Å². The molecule has 0 saturated heterocycles. The van der Waals surface area contributed by atoms with Crippen LogP contribution >= 0.6 is 0 Å². The number of hydrogen-bond acceptors (Lipinski definition) is 2. The SMILES string of the molecule is CCCCC(CC)c1ncco1. The highest BCUT2D eigenvalue weighted by Gasteiger charge is 2.12. The Kier molecular flexibility index (Phi) is 3.85. The summed E-state index contributed by atoms with van der Waals surface area (Å²) in [7, 11) is 0. The van der Waals surface area contributed by atoms with Gasteiger partial charge in [-0.25, -0.2) is 4.98 Å². The molecular formula is C10H17NO. The average Bonchev–Trinajstić information content (AvgIpc) is 2.59. The minimum absolute atomic E-state index is 0.528. The maximum Gasteiger partial charge on any atom is 0.197 e. The zero-order valence-corrected chi connectivity index (χ0v) is 7.92. The van der Waals surface area contributed by atoms with E-state index >= 15 is 0 Å². The topological polar surface area (TPSA) is 26.0 Å². The summed E-state index contributed by atoms with van der Waals surface area (Å²) in [5, 5.41) is 0. The van der Waals surface area contributed by atoms with E-state index in [9.17, 15) is 0 Å². The molecule has 1 rings (SSSR count). The highest BCUT2D eigenvalue weighted by molar-refractivity contribution is 4.90. The van der Waals surface area contributed by atoms with E-state index in [1.165, 1.54) is 19.3 Å². The molecule has 1 unspecified atom stereocenters. The molecule has 0 N–H and O–H groups in total. The third kappa shape index (κ3) is 2.36. The number of rotatable bonds is 5. The van der Waals surface area contributed by atoms with Crippen molar-refractivity contribution in [3.05, 3.63) is 18.4 Å². The van der Waals surface area contributed by atoms with Gasteiger partial charge in [0.1, 0.15) is 6.26 Å². The second kappa shape index (κ2) is 4.96. The fourth-order valence-corrected chi connectivity index (χ4v) is 1.39. The van der Waals surface area contributed by atoms with Crippen LogP contribution in [0.2, 0.25) is 0 Å². The van der Waals surface area contributed by atoms with Gasteiger partial charge in [-0.3, -0.25) is 0 Å². The van der Waals surface area contributed by atoms with Gasteiger partial charge in [0, 0.05) is 5.92 Å². The molecule has 0 aromatic carbocycles. The fraction of sp³-hybridized carbons (Fsp3) is 0.700. The maximum absolute atomic E-state index is 5.27. The molecule has 0 amide bonds. The van der Waals surface area contributed by atoms with Crippen molar-refractivity contribution in [1.82, 2.24) is 4.98 Å². The minimum atomic E-state index is 0.528. The zero-order valence-electron chi connectivity index (χ0n) is 7.92. The van der Waals surface area contributed by atoms with Crippen molar-refractivity contribution in [2.75, 3.05) is 0 Å². The maximum atomic E-state index is 5.27. The summed E-state index contributed by atoms with van der Waals surface area (Å²) in [4.78, 5) is 4.17. The van der Waals surface area contributed by atoms with Crippen molar-refractivity contribution < 1.29 is 4.42 Å². The second-order valence-electron chi connectivity index (χ2n) is 3.12. The molecule has 0 radical (unpaired) electrons. The third-order valence-electron chi connectivity index (χ3n) is 2.20. The van der Waals surface area contributed by atoms with Crippen molar-refractivity contribution >= 4 is 0 Å². The molecule has 1 aromatic rings. The Hall–Kier alpha value is -0.790. The number of unbranched alkanes of at least 4 members (excludes halogenated alkanes) is 1. The predicted octanol–water partition coefficient (Wildman–Crippen LogP) is 3.36. The van der Waals surface area contributed by atoms with Crippen molar-refractivity contribution in [3.63, 3.8) is 0 Å². The lowest BCUT2D eigenvalue weighted by Crippen LogP contribution is -1.97. The van der Waals surface area contributed by atoms with E-state index in [4.69, 9.17) is 4.42 Å². The van der Waals surface area contributed by atoms with Gasteiger partial charge in [0.25, 0.3) is 0 Å². The highest BCUT2D eigenvalue weighted by atomic mass is 16.3. The first-order chi connectivity index (χ1) is 5.88. The first-order valence-corrected chi connectivity index (χ1v) is 4.77. The predicted molar refractivity (Wildman–Crippen MR) is 49.1 cm³/mol. The van der Waals surface area contributed by atoms with Gasteiger partial charge in [0.2, 0.25) is 0 Å². The molecule has 0 aliphatic carbocycles. The van der Waals surface area contributed by atoms with Gasteiger partial charge in [-0.15, -0.1) is 0 Å². The van der Waals surface area contributed by atoms with Crippen LogP contribution in [0.15, 0.2) is 16.9 Å². The molecular weight excluding hydrogens is 150 g/mol. The van der Waals surface area contributed by atoms with E-state index in [0.717, 1.165) is 12.3 Å². The van der Waals surface area contributed by atoms with Crippen LogP contribution in [0.4, 0.5) is 0 Å². The van der Waals surface area contributed by atoms with Crippen molar-refractivity contribution in [2.45, 2.75) is 45.4 Å². The number of oxazole rings is 1. The molecule has 0 bridgehead atoms. The van der Waals surface area contributed by atoms with E-state index in [0.29, 0.717) is 5.92 Å². The van der Waals surface area contributed by atoms with Gasteiger partial charge >= 0.3 is 0 Å². The second-order valence-corrected chi connectivity index (χ2v) is 3.12. The summed E-state index contributed by atoms with van der Waals surface area (Å²) in [6.07, 6.45) is 8.22. The van der Waals surface area contributed by atoms with Gasteiger partial charge in [0.15, 0.2) is 5.89 Å². The van der Waals surface area contributed by atoms with Crippen molar-refractivity contribution in [2.24, 2.45) is 0 Å². The Morgan fingerprint density at radius 2 is 2.33 bits per heavy atom. The highest BCUT2D eigenvalue weighted by Crippen LogP contribution is 2.23. The third-order valence-corrected chi connectivity index (χ3v) is 2.20. The smallest absolute Gasteiger partial charge is 0.197 e. The van der Waals surface area contributed by atoms with E-state index in [1.54, 1.807) is 12.5 Å². The first-order valence-electron chi connectivity index (χ1n) is 4.77. The largest absolute Gasteiger partial charge is 0.449 e. The number of aromatic nitrogens is 1. The Balaban J connectivity index is 2.45. The van der Waals surface area contributed by atoms with Crippen LogP contribution in [0.3, 0.4) is 0 Å². The monoisotopic (exact) mass is 167 g/mol. The van der Waals surface area contributed by atoms with Crippen molar-refractivity contribution in [1.29, 1.82) is 0 Å². The van der Waals surface area contributed by atoms with Crippen LogP contribution in [-0.4, -0.2) is 4.98 Å². The van der Waals surface area contributed by atoms with Crippen LogP contribution in [0, 0.1) is 0 Å². The van der Waals surface area contributed by atoms with Gasteiger partial charge in [-0.1, -0.05) is 26.7 Å². The lowest BCUT2D eigenvalue weighted by molar-refractivity contribution is 0.416. The molecule has 2 heteroatoms. The molecule has 0 aliphatic heterocycles. The van der Waals surface area contributed by atoms with E-state index in [2.05, 4.69) is 18.8 Å². The summed E-state index contributed by atoms with van der Waals surface area (Å²) in [6.45, 7) is 4.40. The minimum Gasteiger partial charge on any atom is -0.449 e. The number of nitrogens with zero attached hydrogens (tertiary/aromatic N) is 1. The fourth-order valence-electron chi connectivity index (χ4n) is 1.39. The molecule has 0 aliphatic rings. The molecule has 2 nitrogen and oxygen atoms in total. The molecule has 1 heterocycles. The van der Waals surface area contributed by atoms with Crippen LogP contribution < -0.4 is 0 Å². The molecule has 0 spiro atoms. The van der Waals surface area contributed by atoms with Crippen LogP contribution in [-0.2, 0) is 0 Å². The van der Waals surface area contributed by atoms with Crippen molar-refractivity contribution in [3.8, 4) is 0 Å². The standard InChI is InChI=1S/C10H17NO/c1-3-5-6-9(4-2)10-11-7-8-12-10/h7-9H,3-6H2,1-2H3. The molecule has 0 saturated carbocycles. The van der Waals surface area contributed by atoms with E-state index in [-0.39, 0.29) is 0 Å². The molecule has 1 aromatic heterocycles. The summed E-state index contributed by atoms with van der Waals surface area (Å²) in [6, 6.07) is 0. The van der Waals surface area contributed by atoms with Crippen LogP contribution in [0.25, 0.3) is 0 Å². The van der Waals surface area contributed by atoms with Crippen LogP contribution in [0.5, 0.6) is 0 Å². The normalized spacial score (nSPS) is 13.2. The molecule has 12 heavy (non-hydrogen) atoms. The Bertz CT molecular complexity index is 194. The summed E-state index contributed by atoms with van der Waals surface area (Å²) < 4.78 is 5.27. The summed E-state index contributed by atoms with van der Waals surface area (Å²) in [5.74, 6) is 1.44. The average molecular weight is 167 g/mol. The van der Waals surface area contributed by atoms with Gasteiger partial charge in [-0.2, -0.15) is 0 Å². The summed E-state index contributed by atoms with van der Waals surface area (Å²) in [5.41, 5.74) is 0. The van der Waals surface area contributed by atoms with Gasteiger partial charge < -0.3 is 4.42 Å². The molecule has 68 valence electrons. The van der Waals surface area contributed by atoms with Gasteiger partial charge in [0.05, 0.1) is 6.20 Å². The Labute approximate surface area is 74.0 Å². The molecule has 0 fully saturated rings. The Morgan fingerprint density at radius 3 is 2.83 bits per heavy atom. The van der Waals surface area contributed by atoms with Crippen LogP contribution in [0.1, 0.15) is 51.3 Å².